The Morgan fingerprint density at radius 1 is 1.29 bits per heavy atom. The largest absolute Gasteiger partial charge is 0.444 e. The molecule has 0 aliphatic heterocycles. The first-order valence-corrected chi connectivity index (χ1v) is 6.47. The lowest BCUT2D eigenvalue weighted by atomic mass is 9.82. The summed E-state index contributed by atoms with van der Waals surface area (Å²) in [6.07, 6.45) is 4.41. The molecule has 4 nitrogen and oxygen atoms in total. The quantitative estimate of drug-likeness (QED) is 0.747. The van der Waals surface area contributed by atoms with Crippen molar-refractivity contribution in [3.63, 3.8) is 0 Å². The van der Waals surface area contributed by atoms with Crippen molar-refractivity contribution in [2.75, 3.05) is 0 Å². The number of carbonyl (C=O) groups excluding carboxylic acids is 1. The molecular weight excluding hydrogens is 236 g/mol. The highest BCUT2D eigenvalue weighted by atomic mass is 32.1. The molecule has 0 aromatic rings. The molecule has 17 heavy (non-hydrogen) atoms. The monoisotopic (exact) mass is 258 g/mol. The predicted octanol–water partition coefficient (Wildman–Crippen LogP) is 2.50. The lowest BCUT2D eigenvalue weighted by Crippen LogP contribution is -2.58. The maximum atomic E-state index is 11.8. The van der Waals surface area contributed by atoms with E-state index in [0.29, 0.717) is 4.99 Å². The molecule has 5 heteroatoms. The lowest BCUT2D eigenvalue weighted by Gasteiger charge is -2.37. The zero-order valence-electron chi connectivity index (χ0n) is 10.8. The molecule has 0 heterocycles. The molecular formula is C12H22N2O2S. The smallest absolute Gasteiger partial charge is 0.408 e. The number of nitrogens with one attached hydrogen (secondary N) is 1. The van der Waals surface area contributed by atoms with E-state index < -0.39 is 17.2 Å². The highest BCUT2D eigenvalue weighted by Crippen LogP contribution is 2.29. The lowest BCUT2D eigenvalue weighted by molar-refractivity contribution is 0.0469. The minimum Gasteiger partial charge on any atom is -0.444 e. The van der Waals surface area contributed by atoms with Gasteiger partial charge in [-0.15, -0.1) is 0 Å². The third kappa shape index (κ3) is 4.15. The molecule has 98 valence electrons. The van der Waals surface area contributed by atoms with Gasteiger partial charge in [-0.3, -0.25) is 0 Å². The van der Waals surface area contributed by atoms with Crippen LogP contribution in [-0.2, 0) is 4.74 Å². The minimum atomic E-state index is -0.546. The van der Waals surface area contributed by atoms with Gasteiger partial charge in [0.2, 0.25) is 0 Å². The van der Waals surface area contributed by atoms with E-state index in [-0.39, 0.29) is 0 Å². The normalized spacial score (nSPS) is 19.5. The van der Waals surface area contributed by atoms with Crippen LogP contribution in [0.15, 0.2) is 0 Å². The van der Waals surface area contributed by atoms with Gasteiger partial charge in [0.25, 0.3) is 0 Å². The molecule has 0 bridgehead atoms. The van der Waals surface area contributed by atoms with Crippen molar-refractivity contribution < 1.29 is 9.53 Å². The fourth-order valence-corrected chi connectivity index (χ4v) is 2.34. The Morgan fingerprint density at radius 2 is 1.82 bits per heavy atom. The first kappa shape index (κ1) is 14.2. The van der Waals surface area contributed by atoms with Gasteiger partial charge in [0.05, 0.1) is 10.5 Å². The molecule has 0 saturated heterocycles. The molecule has 0 spiro atoms. The summed E-state index contributed by atoms with van der Waals surface area (Å²) in [7, 11) is 0. The molecule has 0 aromatic carbocycles. The number of thiocarbonyl (C=S) groups is 1. The summed E-state index contributed by atoms with van der Waals surface area (Å²) in [5.41, 5.74) is 4.73. The van der Waals surface area contributed by atoms with Crippen LogP contribution in [0.5, 0.6) is 0 Å². The summed E-state index contributed by atoms with van der Waals surface area (Å²) in [6.45, 7) is 5.50. The third-order valence-corrected chi connectivity index (χ3v) is 3.31. The SMILES string of the molecule is CC(C)(C)OC(=O)NC1(C(N)=S)CCCCC1. The second kappa shape index (κ2) is 5.21. The average molecular weight is 258 g/mol. The second-order valence-corrected chi connectivity index (χ2v) is 6.07. The first-order valence-electron chi connectivity index (χ1n) is 6.06. The summed E-state index contributed by atoms with van der Waals surface area (Å²) in [5.74, 6) is 0. The van der Waals surface area contributed by atoms with Crippen molar-refractivity contribution >= 4 is 23.3 Å². The van der Waals surface area contributed by atoms with Gasteiger partial charge in [-0.1, -0.05) is 31.5 Å². The van der Waals surface area contributed by atoms with E-state index in [1.54, 1.807) is 0 Å². The second-order valence-electron chi connectivity index (χ2n) is 5.63. The minimum absolute atomic E-state index is 0.364. The van der Waals surface area contributed by atoms with E-state index in [1.807, 2.05) is 20.8 Å². The maximum absolute atomic E-state index is 11.8. The Hall–Kier alpha value is -0.840. The Balaban J connectivity index is 2.67. The fraction of sp³-hybridized carbons (Fsp3) is 0.833. The van der Waals surface area contributed by atoms with Gasteiger partial charge in [0.15, 0.2) is 0 Å². The number of rotatable bonds is 2. The van der Waals surface area contributed by atoms with Gasteiger partial charge in [-0.05, 0) is 33.6 Å². The molecule has 1 rings (SSSR count). The molecule has 1 aliphatic rings. The zero-order chi connectivity index (χ0) is 13.1. The van der Waals surface area contributed by atoms with Crippen LogP contribution in [0.2, 0.25) is 0 Å². The van der Waals surface area contributed by atoms with Crippen LogP contribution in [-0.4, -0.2) is 22.2 Å². The van der Waals surface area contributed by atoms with Gasteiger partial charge >= 0.3 is 6.09 Å². The Bertz CT molecular complexity index is 304. The highest BCUT2D eigenvalue weighted by molar-refractivity contribution is 7.80. The zero-order valence-corrected chi connectivity index (χ0v) is 11.7. The summed E-state index contributed by atoms with van der Waals surface area (Å²) in [4.78, 5) is 12.2. The number of amides is 1. The topological polar surface area (TPSA) is 64.3 Å². The summed E-state index contributed by atoms with van der Waals surface area (Å²) in [6, 6.07) is 0. The molecule has 0 radical (unpaired) electrons. The standard InChI is InChI=1S/C12H22N2O2S/c1-11(2,3)16-10(15)14-12(9(13)17)7-5-4-6-8-12/h4-8H2,1-3H3,(H2,13,17)(H,14,15). The van der Waals surface area contributed by atoms with Crippen LogP contribution < -0.4 is 11.1 Å². The molecule has 1 saturated carbocycles. The molecule has 0 unspecified atom stereocenters. The Morgan fingerprint density at radius 3 is 2.24 bits per heavy atom. The first-order chi connectivity index (χ1) is 7.75. The van der Waals surface area contributed by atoms with Crippen LogP contribution in [0.25, 0.3) is 0 Å². The number of nitrogens with two attached hydrogens (primary N) is 1. The number of ether oxygens (including phenoxy) is 1. The van der Waals surface area contributed by atoms with Crippen LogP contribution >= 0.6 is 12.2 Å². The molecule has 3 N–H and O–H groups in total. The molecule has 1 amide bonds. The van der Waals surface area contributed by atoms with Gasteiger partial charge in [-0.25, -0.2) is 4.79 Å². The number of hydrogen-bond donors (Lipinski definition) is 2. The van der Waals surface area contributed by atoms with E-state index in [0.717, 1.165) is 25.7 Å². The predicted molar refractivity (Wildman–Crippen MR) is 72.0 cm³/mol. The highest BCUT2D eigenvalue weighted by Gasteiger charge is 2.37. The fourth-order valence-electron chi connectivity index (χ4n) is 2.09. The van der Waals surface area contributed by atoms with E-state index in [2.05, 4.69) is 5.32 Å². The van der Waals surface area contributed by atoms with Crippen molar-refractivity contribution in [1.29, 1.82) is 0 Å². The van der Waals surface area contributed by atoms with E-state index in [4.69, 9.17) is 22.7 Å². The molecule has 0 aromatic heterocycles. The van der Waals surface area contributed by atoms with Crippen LogP contribution in [0.3, 0.4) is 0 Å². The van der Waals surface area contributed by atoms with Crippen LogP contribution in [0.4, 0.5) is 4.79 Å². The Kier molecular flexibility index (Phi) is 4.36. The van der Waals surface area contributed by atoms with E-state index in [1.165, 1.54) is 6.42 Å². The maximum Gasteiger partial charge on any atom is 0.408 e. The van der Waals surface area contributed by atoms with E-state index >= 15 is 0 Å². The molecule has 1 fully saturated rings. The van der Waals surface area contributed by atoms with Crippen molar-refractivity contribution in [3.8, 4) is 0 Å². The average Bonchev–Trinajstić information content (AvgIpc) is 2.15. The summed E-state index contributed by atoms with van der Waals surface area (Å²) >= 11 is 5.09. The van der Waals surface area contributed by atoms with E-state index in [9.17, 15) is 4.79 Å². The van der Waals surface area contributed by atoms with Crippen molar-refractivity contribution in [3.05, 3.63) is 0 Å². The summed E-state index contributed by atoms with van der Waals surface area (Å²) in [5, 5.41) is 2.86. The van der Waals surface area contributed by atoms with Crippen molar-refractivity contribution in [2.24, 2.45) is 5.73 Å². The molecule has 1 aliphatic carbocycles. The third-order valence-electron chi connectivity index (χ3n) is 2.92. The van der Waals surface area contributed by atoms with Gasteiger partial charge in [0.1, 0.15) is 5.60 Å². The Labute approximate surface area is 108 Å². The van der Waals surface area contributed by atoms with Crippen LogP contribution in [0.1, 0.15) is 52.9 Å². The van der Waals surface area contributed by atoms with Crippen molar-refractivity contribution in [1.82, 2.24) is 5.32 Å². The van der Waals surface area contributed by atoms with Gasteiger partial charge < -0.3 is 15.8 Å². The van der Waals surface area contributed by atoms with Crippen molar-refractivity contribution in [2.45, 2.75) is 64.0 Å². The van der Waals surface area contributed by atoms with Gasteiger partial charge in [0, 0.05) is 0 Å². The number of hydrogen-bond acceptors (Lipinski definition) is 3. The molecule has 0 atom stereocenters. The number of carbonyl (C=O) groups is 1. The summed E-state index contributed by atoms with van der Waals surface area (Å²) < 4.78 is 5.25. The van der Waals surface area contributed by atoms with Gasteiger partial charge in [-0.2, -0.15) is 0 Å². The van der Waals surface area contributed by atoms with Crippen LogP contribution in [0, 0.1) is 0 Å². The number of alkyl carbamates (subject to hydrolysis) is 1.